The number of ketones is 2. The highest BCUT2D eigenvalue weighted by atomic mass is 32.2. The fourth-order valence-electron chi connectivity index (χ4n) is 4.66. The van der Waals surface area contributed by atoms with Gasteiger partial charge in [-0.1, -0.05) is 81.4 Å². The second kappa shape index (κ2) is 31.3. The third-order valence-electron chi connectivity index (χ3n) is 7.89. The van der Waals surface area contributed by atoms with Crippen LogP contribution in [0.2, 0.25) is 0 Å². The lowest BCUT2D eigenvalue weighted by atomic mass is 9.99. The van der Waals surface area contributed by atoms with Crippen molar-refractivity contribution in [2.24, 2.45) is 17.8 Å². The zero-order valence-corrected chi connectivity index (χ0v) is 38.8. The molecule has 0 aliphatic rings. The number of thiol groups is 1. The van der Waals surface area contributed by atoms with Gasteiger partial charge < -0.3 is 26.6 Å². The first kappa shape index (κ1) is 57.6. The summed E-state index contributed by atoms with van der Waals surface area (Å²) in [5.41, 5.74) is 0.651. The minimum atomic E-state index is -1.26. The van der Waals surface area contributed by atoms with E-state index < -0.39 is 54.2 Å². The summed E-state index contributed by atoms with van der Waals surface area (Å²) in [6.45, 7) is 19.6. The minimum Gasteiger partial charge on any atom is -0.345 e. The van der Waals surface area contributed by atoms with Gasteiger partial charge >= 0.3 is 5.91 Å². The van der Waals surface area contributed by atoms with E-state index in [4.69, 9.17) is 0 Å². The first-order chi connectivity index (χ1) is 26.7. The van der Waals surface area contributed by atoms with Gasteiger partial charge in [-0.2, -0.15) is 24.4 Å². The number of amides is 6. The lowest BCUT2D eigenvalue weighted by Gasteiger charge is -2.25. The summed E-state index contributed by atoms with van der Waals surface area (Å²) < 4.78 is -0.0610. The Morgan fingerprint density at radius 2 is 1.23 bits per heavy atom. The number of hydrogen-bond donors (Lipinski definition) is 6. The molecule has 57 heavy (non-hydrogen) atoms. The third kappa shape index (κ3) is 22.7. The van der Waals surface area contributed by atoms with Gasteiger partial charge in [-0.15, -0.1) is 0 Å². The van der Waals surface area contributed by atoms with Crippen molar-refractivity contribution in [3.63, 3.8) is 0 Å². The molecule has 0 fully saturated rings. The lowest BCUT2D eigenvalue weighted by Crippen LogP contribution is -2.54. The van der Waals surface area contributed by atoms with Gasteiger partial charge in [-0.25, -0.2) is 4.79 Å². The number of Topliss-reactive ketones (excluding diaryl/α,β-unsaturated/α-hetero) is 2. The van der Waals surface area contributed by atoms with E-state index in [1.807, 2.05) is 47.8 Å². The molecule has 0 saturated carbocycles. The quantitative estimate of drug-likeness (QED) is 0.0601. The summed E-state index contributed by atoms with van der Waals surface area (Å²) in [4.78, 5) is 102. The maximum absolute atomic E-state index is 13.1. The van der Waals surface area contributed by atoms with E-state index in [-0.39, 0.29) is 64.7 Å². The van der Waals surface area contributed by atoms with Gasteiger partial charge in [0.1, 0.15) is 18.6 Å². The summed E-state index contributed by atoms with van der Waals surface area (Å²) in [5.74, 6) is -3.57. The van der Waals surface area contributed by atoms with E-state index >= 15 is 0 Å². The molecule has 1 rings (SSSR count). The van der Waals surface area contributed by atoms with Crippen molar-refractivity contribution in [3.8, 4) is 0 Å². The SMILES string of the molecule is CC.CC.CC.CSCC(CS)C(=O)c1ccc(C(=O)NCC(=O)NC(CCC(=O)NC(C(=O)NC(C)C(=O)C(C)C)C(C)C)C(=O)NCC(=O)[N+](C)(C)C)cc1. The molecule has 0 aromatic heterocycles. The number of benzene rings is 1. The standard InChI is InChI=1S/C35H54N6O8S2.3C2H6/c1-20(2)30(35(49)38-22(5)31(45)21(3)4)40-27(42)15-14-26(34(48)37-17-29(44)41(6,7)8)39-28(43)16-36-33(47)24-12-10-23(11-13-24)32(46)25(18-50)19-51-9;3*1-2/h10-13,20-22,25-26,30H,14-19H2,1-9H3,(H5-,36,37,38,39,40,42,43,47,48,49,50);3*1-2H3/p+1. The van der Waals surface area contributed by atoms with Crippen molar-refractivity contribution in [3.05, 3.63) is 35.4 Å². The first-order valence-corrected chi connectivity index (χ1v) is 21.8. The van der Waals surface area contributed by atoms with Crippen molar-refractivity contribution < 1.29 is 42.8 Å². The normalized spacial score (nSPS) is 12.6. The number of quaternary nitrogens is 1. The van der Waals surface area contributed by atoms with Crippen molar-refractivity contribution in [2.45, 2.75) is 107 Å². The Morgan fingerprint density at radius 3 is 1.68 bits per heavy atom. The van der Waals surface area contributed by atoms with Gasteiger partial charge in [0.05, 0.1) is 33.7 Å². The monoisotopic (exact) mass is 841 g/mol. The molecule has 4 atom stereocenters. The molecule has 0 saturated heterocycles. The highest BCUT2D eigenvalue weighted by Gasteiger charge is 2.30. The molecule has 0 aliphatic heterocycles. The van der Waals surface area contributed by atoms with Crippen LogP contribution < -0.4 is 26.6 Å². The molecule has 0 aliphatic carbocycles. The first-order valence-electron chi connectivity index (χ1n) is 19.8. The van der Waals surface area contributed by atoms with Gasteiger partial charge in [0.15, 0.2) is 11.6 Å². The molecule has 5 N–H and O–H groups in total. The molecule has 326 valence electrons. The highest BCUT2D eigenvalue weighted by Crippen LogP contribution is 2.16. The van der Waals surface area contributed by atoms with Gasteiger partial charge in [-0.05, 0) is 37.7 Å². The van der Waals surface area contributed by atoms with Crippen molar-refractivity contribution in [2.75, 3.05) is 52.0 Å². The molecule has 4 unspecified atom stereocenters. The predicted molar refractivity (Wildman–Crippen MR) is 234 cm³/mol. The van der Waals surface area contributed by atoms with Crippen LogP contribution in [0.4, 0.5) is 0 Å². The molecule has 1 aromatic carbocycles. The van der Waals surface area contributed by atoms with E-state index in [9.17, 15) is 38.4 Å². The Hall–Kier alpha value is -3.76. The van der Waals surface area contributed by atoms with E-state index in [2.05, 4.69) is 39.2 Å². The lowest BCUT2D eigenvalue weighted by molar-refractivity contribution is -0.791. The topological polar surface area (TPSA) is 197 Å². The van der Waals surface area contributed by atoms with Crippen LogP contribution in [0, 0.1) is 17.8 Å². The Labute approximate surface area is 352 Å². The fourth-order valence-corrected chi connectivity index (χ4v) is 5.81. The molecule has 0 radical (unpaired) electrons. The molecular weight excluding hydrogens is 769 g/mol. The number of rotatable bonds is 21. The number of likely N-dealkylation sites (N-methyl/N-ethyl adjacent to an activating group) is 1. The van der Waals surface area contributed by atoms with Crippen LogP contribution in [0.1, 0.15) is 110 Å². The van der Waals surface area contributed by atoms with E-state index in [1.165, 1.54) is 24.3 Å². The Morgan fingerprint density at radius 1 is 0.702 bits per heavy atom. The van der Waals surface area contributed by atoms with Gasteiger partial charge in [0.25, 0.3) is 5.91 Å². The van der Waals surface area contributed by atoms with Crippen LogP contribution in [0.25, 0.3) is 0 Å². The van der Waals surface area contributed by atoms with Gasteiger partial charge in [0, 0.05) is 40.9 Å². The Kier molecular flexibility index (Phi) is 31.6. The van der Waals surface area contributed by atoms with Crippen LogP contribution in [-0.4, -0.2) is 122 Å². The number of thioether (sulfide) groups is 1. The second-order valence-corrected chi connectivity index (χ2v) is 15.1. The molecule has 0 spiro atoms. The van der Waals surface area contributed by atoms with Crippen molar-refractivity contribution in [1.29, 1.82) is 0 Å². The third-order valence-corrected chi connectivity index (χ3v) is 9.07. The predicted octanol–water partition coefficient (Wildman–Crippen LogP) is 4.07. The number of nitrogens with zero attached hydrogens (tertiary/aromatic N) is 1. The maximum atomic E-state index is 13.1. The number of nitrogens with one attached hydrogen (secondary N) is 5. The largest absolute Gasteiger partial charge is 0.345 e. The highest BCUT2D eigenvalue weighted by molar-refractivity contribution is 7.98. The Bertz CT molecular complexity index is 1410. The fraction of sp³-hybridized carbons (Fsp3) is 0.659. The Balaban J connectivity index is -0.00000462. The summed E-state index contributed by atoms with van der Waals surface area (Å²) in [6.07, 6.45) is 1.43. The second-order valence-electron chi connectivity index (χ2n) is 13.8. The van der Waals surface area contributed by atoms with Crippen molar-refractivity contribution >= 4 is 71.4 Å². The van der Waals surface area contributed by atoms with Crippen LogP contribution in [0.5, 0.6) is 0 Å². The van der Waals surface area contributed by atoms with Gasteiger partial charge in [0.2, 0.25) is 23.6 Å². The van der Waals surface area contributed by atoms with E-state index in [1.54, 1.807) is 67.5 Å². The summed E-state index contributed by atoms with van der Waals surface area (Å²) in [6, 6.07) is 3.04. The molecule has 6 amide bonds. The van der Waals surface area contributed by atoms with Crippen LogP contribution in [-0.2, 0) is 28.8 Å². The minimum absolute atomic E-state index is 0.0610. The summed E-state index contributed by atoms with van der Waals surface area (Å²) in [7, 11) is 4.91. The van der Waals surface area contributed by atoms with E-state index in [0.29, 0.717) is 17.1 Å². The van der Waals surface area contributed by atoms with Gasteiger partial charge in [-0.3, -0.25) is 38.0 Å². The molecule has 0 bridgehead atoms. The number of hydrogen-bond acceptors (Lipinski definition) is 10. The zero-order chi connectivity index (χ0) is 45.1. The molecular formula is C41H73N6O8S2+. The maximum Gasteiger partial charge on any atom is 0.332 e. The summed E-state index contributed by atoms with van der Waals surface area (Å²) >= 11 is 5.80. The van der Waals surface area contributed by atoms with Crippen molar-refractivity contribution in [1.82, 2.24) is 26.6 Å². The molecule has 0 heterocycles. The van der Waals surface area contributed by atoms with Crippen LogP contribution >= 0.6 is 24.4 Å². The number of carbonyl (C=O) groups excluding carboxylic acids is 8. The van der Waals surface area contributed by atoms with E-state index in [0.717, 1.165) is 0 Å². The molecule has 16 heteroatoms. The molecule has 14 nitrogen and oxygen atoms in total. The average molecular weight is 842 g/mol. The van der Waals surface area contributed by atoms with Crippen LogP contribution in [0.15, 0.2) is 24.3 Å². The number of carbonyl (C=O) groups is 8. The smallest absolute Gasteiger partial charge is 0.332 e. The average Bonchev–Trinajstić information content (AvgIpc) is 3.19. The summed E-state index contributed by atoms with van der Waals surface area (Å²) in [5, 5.41) is 12.8. The van der Waals surface area contributed by atoms with Crippen LogP contribution in [0.3, 0.4) is 0 Å². The zero-order valence-electron chi connectivity index (χ0n) is 37.1. The molecule has 1 aromatic rings.